The summed E-state index contributed by atoms with van der Waals surface area (Å²) < 4.78 is 0. The number of nitrogens with zero attached hydrogens (tertiary/aromatic N) is 1. The van der Waals surface area contributed by atoms with Crippen LogP contribution in [0.2, 0.25) is 0 Å². The molecule has 2 heterocycles. The van der Waals surface area contributed by atoms with E-state index in [0.717, 1.165) is 13.0 Å². The number of rotatable bonds is 4. The van der Waals surface area contributed by atoms with Gasteiger partial charge in [0.25, 0.3) is 0 Å². The van der Waals surface area contributed by atoms with Crippen molar-refractivity contribution in [3.8, 4) is 0 Å². The van der Waals surface area contributed by atoms with Gasteiger partial charge in [0.15, 0.2) is 0 Å². The molecule has 102 valence electrons. The molecular formula is C15H26N2S. The second kappa shape index (κ2) is 6.18. The second-order valence-corrected chi connectivity index (χ2v) is 6.79. The molecule has 0 aromatic carbocycles. The van der Waals surface area contributed by atoms with Crippen molar-refractivity contribution in [1.82, 2.24) is 4.90 Å². The fourth-order valence-electron chi connectivity index (χ4n) is 2.81. The summed E-state index contributed by atoms with van der Waals surface area (Å²) in [5.74, 6) is 0.673. The van der Waals surface area contributed by atoms with Gasteiger partial charge in [-0.15, -0.1) is 11.3 Å². The van der Waals surface area contributed by atoms with Crippen LogP contribution in [0, 0.1) is 5.92 Å². The second-order valence-electron chi connectivity index (χ2n) is 5.59. The van der Waals surface area contributed by atoms with Gasteiger partial charge < -0.3 is 5.73 Å². The number of hydrogen-bond acceptors (Lipinski definition) is 3. The third kappa shape index (κ3) is 3.14. The van der Waals surface area contributed by atoms with Gasteiger partial charge in [-0.25, -0.2) is 0 Å². The van der Waals surface area contributed by atoms with Gasteiger partial charge in [0.1, 0.15) is 0 Å². The van der Waals surface area contributed by atoms with Gasteiger partial charge in [-0.05, 0) is 57.7 Å². The Morgan fingerprint density at radius 3 is 2.83 bits per heavy atom. The lowest BCUT2D eigenvalue weighted by molar-refractivity contribution is 0.123. The molecular weight excluding hydrogens is 240 g/mol. The quantitative estimate of drug-likeness (QED) is 0.904. The minimum absolute atomic E-state index is 0.328. The predicted molar refractivity (Wildman–Crippen MR) is 80.1 cm³/mol. The van der Waals surface area contributed by atoms with E-state index in [0.29, 0.717) is 18.0 Å². The van der Waals surface area contributed by atoms with Crippen molar-refractivity contribution in [3.63, 3.8) is 0 Å². The lowest BCUT2D eigenvalue weighted by Gasteiger charge is -2.38. The van der Waals surface area contributed by atoms with E-state index in [1.165, 1.54) is 29.1 Å². The molecule has 0 radical (unpaired) electrons. The number of thiophene rings is 1. The minimum atomic E-state index is 0.328. The molecule has 2 N–H and O–H groups in total. The van der Waals surface area contributed by atoms with Crippen LogP contribution >= 0.6 is 11.3 Å². The SMILES string of the molecule is CCc1ccc(C(C)N2CCCC(C(C)N)C2)s1. The van der Waals surface area contributed by atoms with E-state index in [1.807, 2.05) is 11.3 Å². The average Bonchev–Trinajstić information content (AvgIpc) is 2.86. The molecule has 1 aliphatic rings. The molecule has 1 aliphatic heterocycles. The molecule has 0 spiro atoms. The number of piperidine rings is 1. The molecule has 3 atom stereocenters. The maximum absolute atomic E-state index is 6.07. The van der Waals surface area contributed by atoms with Gasteiger partial charge >= 0.3 is 0 Å². The lowest BCUT2D eigenvalue weighted by atomic mass is 9.91. The first-order valence-electron chi connectivity index (χ1n) is 7.20. The summed E-state index contributed by atoms with van der Waals surface area (Å²) in [6, 6.07) is 5.47. The molecule has 0 amide bonds. The Hall–Kier alpha value is -0.380. The first-order chi connectivity index (χ1) is 8.61. The number of likely N-dealkylation sites (tertiary alicyclic amines) is 1. The van der Waals surface area contributed by atoms with Crippen molar-refractivity contribution in [2.75, 3.05) is 13.1 Å². The van der Waals surface area contributed by atoms with Gasteiger partial charge in [-0.3, -0.25) is 4.90 Å². The zero-order valence-electron chi connectivity index (χ0n) is 11.9. The Kier molecular flexibility index (Phi) is 4.82. The van der Waals surface area contributed by atoms with Gasteiger partial charge in [-0.2, -0.15) is 0 Å². The van der Waals surface area contributed by atoms with Crippen LogP contribution < -0.4 is 5.73 Å². The molecule has 1 fully saturated rings. The van der Waals surface area contributed by atoms with E-state index in [2.05, 4.69) is 37.8 Å². The largest absolute Gasteiger partial charge is 0.328 e. The highest BCUT2D eigenvalue weighted by Crippen LogP contribution is 2.31. The number of aryl methyl sites for hydroxylation is 1. The lowest BCUT2D eigenvalue weighted by Crippen LogP contribution is -2.43. The Labute approximate surface area is 115 Å². The zero-order valence-corrected chi connectivity index (χ0v) is 12.7. The first kappa shape index (κ1) is 14.0. The molecule has 0 bridgehead atoms. The predicted octanol–water partition coefficient (Wildman–Crippen LogP) is 3.43. The Morgan fingerprint density at radius 2 is 2.22 bits per heavy atom. The van der Waals surface area contributed by atoms with E-state index in [4.69, 9.17) is 5.73 Å². The molecule has 0 saturated carbocycles. The topological polar surface area (TPSA) is 29.3 Å². The van der Waals surface area contributed by atoms with Crippen LogP contribution in [0.1, 0.15) is 49.4 Å². The Morgan fingerprint density at radius 1 is 1.44 bits per heavy atom. The van der Waals surface area contributed by atoms with Crippen molar-refractivity contribution in [1.29, 1.82) is 0 Å². The van der Waals surface area contributed by atoms with E-state index in [1.54, 1.807) is 0 Å². The van der Waals surface area contributed by atoms with Crippen LogP contribution in [-0.4, -0.2) is 24.0 Å². The summed E-state index contributed by atoms with van der Waals surface area (Å²) in [7, 11) is 0. The van der Waals surface area contributed by atoms with Crippen molar-refractivity contribution in [2.24, 2.45) is 11.7 Å². The van der Waals surface area contributed by atoms with Crippen LogP contribution in [0.4, 0.5) is 0 Å². The molecule has 3 heteroatoms. The van der Waals surface area contributed by atoms with Crippen LogP contribution in [0.25, 0.3) is 0 Å². The molecule has 3 unspecified atom stereocenters. The fourth-order valence-corrected chi connectivity index (χ4v) is 3.85. The minimum Gasteiger partial charge on any atom is -0.328 e. The highest BCUT2D eigenvalue weighted by atomic mass is 32.1. The molecule has 2 rings (SSSR count). The Bertz CT molecular complexity index is 372. The molecule has 18 heavy (non-hydrogen) atoms. The maximum Gasteiger partial charge on any atom is 0.0413 e. The number of hydrogen-bond donors (Lipinski definition) is 1. The highest BCUT2D eigenvalue weighted by Gasteiger charge is 2.26. The van der Waals surface area contributed by atoms with E-state index < -0.39 is 0 Å². The van der Waals surface area contributed by atoms with Crippen LogP contribution in [0.15, 0.2) is 12.1 Å². The summed E-state index contributed by atoms with van der Waals surface area (Å²) in [6.45, 7) is 9.11. The van der Waals surface area contributed by atoms with E-state index in [-0.39, 0.29) is 0 Å². The summed E-state index contributed by atoms with van der Waals surface area (Å²) >= 11 is 1.97. The van der Waals surface area contributed by atoms with Gasteiger partial charge in [-0.1, -0.05) is 6.92 Å². The van der Waals surface area contributed by atoms with Gasteiger partial charge in [0.2, 0.25) is 0 Å². The van der Waals surface area contributed by atoms with Gasteiger partial charge in [0.05, 0.1) is 0 Å². The molecule has 2 nitrogen and oxygen atoms in total. The van der Waals surface area contributed by atoms with E-state index in [9.17, 15) is 0 Å². The smallest absolute Gasteiger partial charge is 0.0413 e. The van der Waals surface area contributed by atoms with Crippen molar-refractivity contribution in [3.05, 3.63) is 21.9 Å². The maximum atomic E-state index is 6.07. The molecule has 1 aromatic rings. The van der Waals surface area contributed by atoms with E-state index >= 15 is 0 Å². The standard InChI is InChI=1S/C15H26N2S/c1-4-14-7-8-15(18-14)12(3)17-9-5-6-13(10-17)11(2)16/h7-8,11-13H,4-6,9-10,16H2,1-3H3. The summed E-state index contributed by atoms with van der Waals surface area (Å²) in [4.78, 5) is 5.62. The summed E-state index contributed by atoms with van der Waals surface area (Å²) in [6.07, 6.45) is 3.74. The van der Waals surface area contributed by atoms with Crippen LogP contribution in [0.5, 0.6) is 0 Å². The number of nitrogens with two attached hydrogens (primary N) is 1. The normalized spacial score (nSPS) is 25.0. The van der Waals surface area contributed by atoms with Crippen LogP contribution in [-0.2, 0) is 6.42 Å². The molecule has 1 saturated heterocycles. The monoisotopic (exact) mass is 266 g/mol. The first-order valence-corrected chi connectivity index (χ1v) is 8.01. The van der Waals surface area contributed by atoms with Crippen molar-refractivity contribution >= 4 is 11.3 Å². The molecule has 0 aliphatic carbocycles. The van der Waals surface area contributed by atoms with Crippen molar-refractivity contribution < 1.29 is 0 Å². The summed E-state index contributed by atoms with van der Waals surface area (Å²) in [5, 5.41) is 0. The highest BCUT2D eigenvalue weighted by molar-refractivity contribution is 7.12. The van der Waals surface area contributed by atoms with Crippen molar-refractivity contribution in [2.45, 2.75) is 52.1 Å². The van der Waals surface area contributed by atoms with Crippen LogP contribution in [0.3, 0.4) is 0 Å². The zero-order chi connectivity index (χ0) is 13.1. The van der Waals surface area contributed by atoms with Gasteiger partial charge in [0, 0.05) is 28.4 Å². The fraction of sp³-hybridized carbons (Fsp3) is 0.733. The molecule has 1 aromatic heterocycles. The third-order valence-electron chi connectivity index (χ3n) is 4.22. The average molecular weight is 266 g/mol. The Balaban J connectivity index is 2.01. The third-order valence-corrected chi connectivity index (χ3v) is 5.62. The summed E-state index contributed by atoms with van der Waals surface area (Å²) in [5.41, 5.74) is 6.07.